The third-order valence-corrected chi connectivity index (χ3v) is 2.63. The molecule has 0 bridgehead atoms. The Morgan fingerprint density at radius 2 is 2.06 bits per heavy atom. The minimum atomic E-state index is -0.322. The zero-order chi connectivity index (χ0) is 12.3. The highest BCUT2D eigenvalue weighted by molar-refractivity contribution is 6.31. The summed E-state index contributed by atoms with van der Waals surface area (Å²) >= 11 is 5.93. The van der Waals surface area contributed by atoms with Crippen molar-refractivity contribution < 1.29 is 4.84 Å². The van der Waals surface area contributed by atoms with Gasteiger partial charge in [-0.15, -0.1) is 0 Å². The highest BCUT2D eigenvalue weighted by Gasteiger charge is 2.20. The molecule has 0 aliphatic rings. The number of halogens is 1. The van der Waals surface area contributed by atoms with Gasteiger partial charge in [0, 0.05) is 22.5 Å². The van der Waals surface area contributed by atoms with Gasteiger partial charge in [-0.3, -0.25) is 4.84 Å². The molecule has 0 spiro atoms. The van der Waals surface area contributed by atoms with Gasteiger partial charge in [-0.25, -0.2) is 5.90 Å². The maximum absolute atomic E-state index is 7.36. The Bertz CT molecular complexity index is 393. The molecule has 0 aliphatic carbocycles. The Morgan fingerprint density at radius 3 is 2.50 bits per heavy atom. The first-order valence-electron chi connectivity index (χ1n) is 4.96. The first kappa shape index (κ1) is 13.0. The van der Waals surface area contributed by atoms with Gasteiger partial charge in [0.25, 0.3) is 0 Å². The van der Waals surface area contributed by atoms with Gasteiger partial charge in [0.1, 0.15) is 6.10 Å². The van der Waals surface area contributed by atoms with Crippen LogP contribution in [-0.4, -0.2) is 6.21 Å². The van der Waals surface area contributed by atoms with Crippen LogP contribution in [0.1, 0.15) is 31.1 Å². The van der Waals surface area contributed by atoms with E-state index in [9.17, 15) is 0 Å². The molecule has 1 rings (SSSR count). The van der Waals surface area contributed by atoms with E-state index in [-0.39, 0.29) is 12.0 Å². The van der Waals surface area contributed by atoms with Crippen LogP contribution in [0.2, 0.25) is 5.02 Å². The lowest BCUT2D eigenvalue weighted by Gasteiger charge is -2.21. The third-order valence-electron chi connectivity index (χ3n) is 2.41. The Hall–Kier alpha value is -1.10. The van der Waals surface area contributed by atoms with E-state index in [2.05, 4.69) is 0 Å². The lowest BCUT2D eigenvalue weighted by molar-refractivity contribution is 0.0202. The molecule has 16 heavy (non-hydrogen) atoms. The van der Waals surface area contributed by atoms with Gasteiger partial charge < -0.3 is 11.1 Å². The molecule has 0 radical (unpaired) electrons. The fraction of sp³-hybridized carbons (Fsp3) is 0.364. The molecule has 0 aliphatic heterocycles. The van der Waals surface area contributed by atoms with Crippen LogP contribution in [0.25, 0.3) is 0 Å². The van der Waals surface area contributed by atoms with E-state index >= 15 is 0 Å². The summed E-state index contributed by atoms with van der Waals surface area (Å²) in [6.45, 7) is 3.95. The number of anilines is 1. The maximum Gasteiger partial charge on any atom is 0.107 e. The Labute approximate surface area is 100.0 Å². The van der Waals surface area contributed by atoms with Gasteiger partial charge in [-0.1, -0.05) is 25.4 Å². The third kappa shape index (κ3) is 2.52. The summed E-state index contributed by atoms with van der Waals surface area (Å²) in [7, 11) is 0. The zero-order valence-electron chi connectivity index (χ0n) is 9.33. The van der Waals surface area contributed by atoms with Crippen LogP contribution < -0.4 is 11.6 Å². The van der Waals surface area contributed by atoms with Crippen LogP contribution in [0.5, 0.6) is 0 Å². The van der Waals surface area contributed by atoms with Gasteiger partial charge in [0.05, 0.1) is 0 Å². The van der Waals surface area contributed by atoms with Crippen molar-refractivity contribution in [3.8, 4) is 0 Å². The van der Waals surface area contributed by atoms with Gasteiger partial charge in [0.15, 0.2) is 0 Å². The topological polar surface area (TPSA) is 85.1 Å². The van der Waals surface area contributed by atoms with Crippen molar-refractivity contribution >= 4 is 23.5 Å². The predicted molar refractivity (Wildman–Crippen MR) is 66.6 cm³/mol. The molecule has 1 atom stereocenters. The smallest absolute Gasteiger partial charge is 0.107 e. The number of hydrogen-bond donors (Lipinski definition) is 3. The molecule has 5 heteroatoms. The van der Waals surface area contributed by atoms with Crippen LogP contribution in [0.15, 0.2) is 12.1 Å². The molecule has 0 aromatic heterocycles. The summed E-state index contributed by atoms with van der Waals surface area (Å²) < 4.78 is 0. The standard InChI is InChI=1S/C11H16ClN3O/c1-6(2)11(16-15)8-3-7(12)4-10(14)9(8)5-13/h3-6,11,13H,14-15H2,1-2H3. The average molecular weight is 242 g/mol. The minimum Gasteiger partial charge on any atom is -0.398 e. The van der Waals surface area contributed by atoms with E-state index in [4.69, 9.17) is 33.5 Å². The minimum absolute atomic E-state index is 0.168. The highest BCUT2D eigenvalue weighted by atomic mass is 35.5. The Balaban J connectivity index is 3.34. The maximum atomic E-state index is 7.36. The predicted octanol–water partition coefficient (Wildman–Crippen LogP) is 2.51. The van der Waals surface area contributed by atoms with Crippen LogP contribution in [0.4, 0.5) is 5.69 Å². The molecular weight excluding hydrogens is 226 g/mol. The molecule has 0 saturated heterocycles. The van der Waals surface area contributed by atoms with Crippen molar-refractivity contribution in [1.82, 2.24) is 0 Å². The quantitative estimate of drug-likeness (QED) is 0.430. The zero-order valence-corrected chi connectivity index (χ0v) is 10.1. The van der Waals surface area contributed by atoms with E-state index in [1.165, 1.54) is 6.21 Å². The van der Waals surface area contributed by atoms with E-state index in [0.29, 0.717) is 16.3 Å². The van der Waals surface area contributed by atoms with Gasteiger partial charge in [-0.05, 0) is 23.6 Å². The Morgan fingerprint density at radius 1 is 1.44 bits per heavy atom. The van der Waals surface area contributed by atoms with Crippen molar-refractivity contribution in [1.29, 1.82) is 5.41 Å². The lowest BCUT2D eigenvalue weighted by Crippen LogP contribution is -2.17. The number of nitrogens with two attached hydrogens (primary N) is 2. The van der Waals surface area contributed by atoms with E-state index in [1.54, 1.807) is 12.1 Å². The second kappa shape index (κ2) is 5.30. The first-order valence-corrected chi connectivity index (χ1v) is 5.34. The molecule has 1 unspecified atom stereocenters. The number of benzene rings is 1. The van der Waals surface area contributed by atoms with Crippen molar-refractivity contribution in [3.63, 3.8) is 0 Å². The summed E-state index contributed by atoms with van der Waals surface area (Å²) in [5, 5.41) is 7.88. The Kier molecular flexibility index (Phi) is 4.29. The number of rotatable bonds is 4. The van der Waals surface area contributed by atoms with Crippen LogP contribution in [-0.2, 0) is 4.84 Å². The van der Waals surface area contributed by atoms with Gasteiger partial charge in [0.2, 0.25) is 0 Å². The summed E-state index contributed by atoms with van der Waals surface area (Å²) in [6, 6.07) is 3.34. The number of nitrogen functional groups attached to an aromatic ring is 1. The molecule has 0 amide bonds. The van der Waals surface area contributed by atoms with Crippen molar-refractivity contribution in [2.75, 3.05) is 5.73 Å². The van der Waals surface area contributed by atoms with Crippen molar-refractivity contribution in [2.45, 2.75) is 20.0 Å². The fourth-order valence-corrected chi connectivity index (χ4v) is 1.89. The SMILES string of the molecule is CC(C)C(ON)c1cc(Cl)cc(N)c1C=N. The molecule has 5 N–H and O–H groups in total. The van der Waals surface area contributed by atoms with E-state index in [0.717, 1.165) is 5.56 Å². The lowest BCUT2D eigenvalue weighted by atomic mass is 9.94. The normalized spacial score (nSPS) is 12.8. The van der Waals surface area contributed by atoms with Crippen LogP contribution in [0, 0.1) is 11.3 Å². The van der Waals surface area contributed by atoms with Crippen LogP contribution >= 0.6 is 11.6 Å². The van der Waals surface area contributed by atoms with Gasteiger partial charge >= 0.3 is 0 Å². The molecule has 1 aromatic rings. The largest absolute Gasteiger partial charge is 0.398 e. The summed E-state index contributed by atoms with van der Waals surface area (Å²) in [5.74, 6) is 5.44. The molecule has 4 nitrogen and oxygen atoms in total. The van der Waals surface area contributed by atoms with Crippen LogP contribution in [0.3, 0.4) is 0 Å². The number of hydrogen-bond acceptors (Lipinski definition) is 4. The van der Waals surface area contributed by atoms with Crippen molar-refractivity contribution in [2.24, 2.45) is 11.8 Å². The summed E-state index contributed by atoms with van der Waals surface area (Å²) in [6.07, 6.45) is 0.868. The molecule has 0 heterocycles. The van der Waals surface area contributed by atoms with E-state index in [1.807, 2.05) is 13.8 Å². The molecular formula is C11H16ClN3O. The number of nitrogens with one attached hydrogen (secondary N) is 1. The molecule has 0 fully saturated rings. The molecule has 1 aromatic carbocycles. The van der Waals surface area contributed by atoms with Gasteiger partial charge in [-0.2, -0.15) is 0 Å². The molecule has 0 saturated carbocycles. The second-order valence-electron chi connectivity index (χ2n) is 3.94. The first-order chi connectivity index (χ1) is 7.51. The summed E-state index contributed by atoms with van der Waals surface area (Å²) in [5.41, 5.74) is 7.60. The summed E-state index contributed by atoms with van der Waals surface area (Å²) in [4.78, 5) is 4.93. The second-order valence-corrected chi connectivity index (χ2v) is 4.38. The average Bonchev–Trinajstić information content (AvgIpc) is 2.17. The highest BCUT2D eigenvalue weighted by Crippen LogP contribution is 2.31. The monoisotopic (exact) mass is 241 g/mol. The van der Waals surface area contributed by atoms with Crippen molar-refractivity contribution in [3.05, 3.63) is 28.3 Å². The van der Waals surface area contributed by atoms with E-state index < -0.39 is 0 Å². The fourth-order valence-electron chi connectivity index (χ4n) is 1.65. The molecule has 88 valence electrons.